The average Bonchev–Trinajstić information content (AvgIpc) is 3.17. The first kappa shape index (κ1) is 17.5. The quantitative estimate of drug-likeness (QED) is 0.276. The normalized spacial score (nSPS) is 11.0. The monoisotopic (exact) mass is 366 g/mol. The standard InChI is InChI=1S/C19H15ClN4O2/c1-2-11-25-23-19(12-24-14-21-13-22-24)15-3-7-17(8-4-15)26-18-9-5-16(20)6-10-18/h1,3-10,13-14H,11-12H2. The van der Waals surface area contributed by atoms with Crippen molar-refractivity contribution < 1.29 is 9.57 Å². The lowest BCUT2D eigenvalue weighted by Crippen LogP contribution is -2.13. The van der Waals surface area contributed by atoms with Crippen LogP contribution in [0.25, 0.3) is 0 Å². The Morgan fingerprint density at radius 2 is 1.81 bits per heavy atom. The summed E-state index contributed by atoms with van der Waals surface area (Å²) >= 11 is 5.88. The van der Waals surface area contributed by atoms with E-state index in [0.717, 1.165) is 5.56 Å². The molecule has 0 saturated carbocycles. The van der Waals surface area contributed by atoms with E-state index in [4.69, 9.17) is 27.6 Å². The Morgan fingerprint density at radius 1 is 1.12 bits per heavy atom. The van der Waals surface area contributed by atoms with Crippen LogP contribution in [0, 0.1) is 12.3 Å². The van der Waals surface area contributed by atoms with Crippen LogP contribution in [0.15, 0.2) is 66.3 Å². The highest BCUT2D eigenvalue weighted by Crippen LogP contribution is 2.23. The molecule has 0 radical (unpaired) electrons. The second kappa shape index (κ2) is 8.70. The summed E-state index contributed by atoms with van der Waals surface area (Å²) in [5, 5.41) is 8.86. The first-order valence-electron chi connectivity index (χ1n) is 7.73. The second-order valence-electron chi connectivity index (χ2n) is 5.19. The lowest BCUT2D eigenvalue weighted by molar-refractivity contribution is 0.179. The van der Waals surface area contributed by atoms with Crippen LogP contribution in [-0.2, 0) is 11.4 Å². The molecule has 2 aromatic carbocycles. The van der Waals surface area contributed by atoms with E-state index in [1.165, 1.54) is 6.33 Å². The highest BCUT2D eigenvalue weighted by atomic mass is 35.5. The maximum Gasteiger partial charge on any atom is 0.177 e. The summed E-state index contributed by atoms with van der Waals surface area (Å²) in [5.74, 6) is 3.78. The van der Waals surface area contributed by atoms with Crippen LogP contribution in [-0.4, -0.2) is 27.1 Å². The minimum Gasteiger partial charge on any atom is -0.457 e. The number of nitrogens with zero attached hydrogens (tertiary/aromatic N) is 4. The number of oxime groups is 1. The summed E-state index contributed by atoms with van der Waals surface area (Å²) in [6.45, 7) is 0.501. The topological polar surface area (TPSA) is 61.5 Å². The highest BCUT2D eigenvalue weighted by Gasteiger charge is 2.08. The van der Waals surface area contributed by atoms with Gasteiger partial charge in [-0.15, -0.1) is 6.42 Å². The summed E-state index contributed by atoms with van der Waals surface area (Å²) in [6.07, 6.45) is 8.26. The number of benzene rings is 2. The fraction of sp³-hybridized carbons (Fsp3) is 0.105. The number of hydrogen-bond donors (Lipinski definition) is 0. The fourth-order valence-electron chi connectivity index (χ4n) is 2.14. The molecule has 0 aliphatic carbocycles. The van der Waals surface area contributed by atoms with Gasteiger partial charge in [0, 0.05) is 10.6 Å². The van der Waals surface area contributed by atoms with Crippen LogP contribution >= 0.6 is 11.6 Å². The average molecular weight is 367 g/mol. The number of rotatable bonds is 7. The molecule has 0 amide bonds. The zero-order chi connectivity index (χ0) is 18.2. The molecule has 0 fully saturated rings. The lowest BCUT2D eigenvalue weighted by Gasteiger charge is -2.09. The van der Waals surface area contributed by atoms with Crippen molar-refractivity contribution in [1.82, 2.24) is 14.8 Å². The molecule has 0 bridgehead atoms. The first-order chi connectivity index (χ1) is 12.7. The molecule has 6 nitrogen and oxygen atoms in total. The van der Waals surface area contributed by atoms with E-state index in [-0.39, 0.29) is 6.61 Å². The number of aromatic nitrogens is 3. The van der Waals surface area contributed by atoms with Gasteiger partial charge < -0.3 is 9.57 Å². The zero-order valence-electron chi connectivity index (χ0n) is 13.7. The van der Waals surface area contributed by atoms with Gasteiger partial charge in [0.1, 0.15) is 29.9 Å². The van der Waals surface area contributed by atoms with E-state index < -0.39 is 0 Å². The molecule has 1 aromatic heterocycles. The molecule has 0 N–H and O–H groups in total. The van der Waals surface area contributed by atoms with Gasteiger partial charge in [-0.25, -0.2) is 9.67 Å². The van der Waals surface area contributed by atoms with Gasteiger partial charge >= 0.3 is 0 Å². The molecule has 0 aliphatic heterocycles. The number of halogens is 1. The highest BCUT2D eigenvalue weighted by molar-refractivity contribution is 6.30. The Morgan fingerprint density at radius 3 is 2.42 bits per heavy atom. The molecule has 0 aliphatic rings. The molecule has 26 heavy (non-hydrogen) atoms. The van der Waals surface area contributed by atoms with E-state index in [0.29, 0.717) is 28.8 Å². The van der Waals surface area contributed by atoms with Gasteiger partial charge in [-0.05, 0) is 48.5 Å². The van der Waals surface area contributed by atoms with E-state index in [1.54, 1.807) is 23.1 Å². The van der Waals surface area contributed by atoms with Crippen LogP contribution in [0.5, 0.6) is 11.5 Å². The number of hydrogen-bond acceptors (Lipinski definition) is 5. The van der Waals surface area contributed by atoms with Crippen LogP contribution in [0.1, 0.15) is 5.56 Å². The van der Waals surface area contributed by atoms with E-state index in [9.17, 15) is 0 Å². The van der Waals surface area contributed by atoms with Crippen LogP contribution in [0.3, 0.4) is 0 Å². The minimum atomic E-state index is 0.0959. The van der Waals surface area contributed by atoms with Gasteiger partial charge in [-0.3, -0.25) is 0 Å². The van der Waals surface area contributed by atoms with Crippen LogP contribution in [0.2, 0.25) is 5.02 Å². The van der Waals surface area contributed by atoms with Gasteiger partial charge in [0.25, 0.3) is 0 Å². The Balaban J connectivity index is 1.75. The fourth-order valence-corrected chi connectivity index (χ4v) is 2.27. The summed E-state index contributed by atoms with van der Waals surface area (Å²) in [4.78, 5) is 9.06. The van der Waals surface area contributed by atoms with E-state index >= 15 is 0 Å². The molecular weight excluding hydrogens is 352 g/mol. The summed E-state index contributed by atoms with van der Waals surface area (Å²) in [7, 11) is 0. The van der Waals surface area contributed by atoms with Gasteiger partial charge in [-0.2, -0.15) is 5.10 Å². The third kappa shape index (κ3) is 4.85. The Labute approximate surface area is 156 Å². The van der Waals surface area contributed by atoms with Crippen molar-refractivity contribution in [3.05, 3.63) is 71.8 Å². The summed E-state index contributed by atoms with van der Waals surface area (Å²) < 4.78 is 7.44. The van der Waals surface area contributed by atoms with Crippen molar-refractivity contribution >= 4 is 17.3 Å². The summed E-state index contributed by atoms with van der Waals surface area (Å²) in [6, 6.07) is 14.6. The Hall–Kier alpha value is -3.30. The van der Waals surface area contributed by atoms with Crippen molar-refractivity contribution in [1.29, 1.82) is 0 Å². The SMILES string of the molecule is C#CCON=C(Cn1cncn1)c1ccc(Oc2ccc(Cl)cc2)cc1. The predicted molar refractivity (Wildman–Crippen MR) is 99.3 cm³/mol. The molecule has 0 atom stereocenters. The van der Waals surface area contributed by atoms with Crippen LogP contribution < -0.4 is 4.74 Å². The molecular formula is C19H15ClN4O2. The zero-order valence-corrected chi connectivity index (χ0v) is 14.5. The molecule has 0 unspecified atom stereocenters. The molecule has 0 saturated heterocycles. The molecule has 0 spiro atoms. The van der Waals surface area contributed by atoms with Crippen molar-refractivity contribution in [3.63, 3.8) is 0 Å². The van der Waals surface area contributed by atoms with Crippen molar-refractivity contribution in [2.45, 2.75) is 6.54 Å². The Bertz CT molecular complexity index is 898. The third-order valence-corrected chi connectivity index (χ3v) is 3.59. The minimum absolute atomic E-state index is 0.0959. The van der Waals surface area contributed by atoms with Gasteiger partial charge in [-0.1, -0.05) is 22.7 Å². The number of terminal acetylenes is 1. The predicted octanol–water partition coefficient (Wildman–Crippen LogP) is 3.78. The van der Waals surface area contributed by atoms with E-state index in [2.05, 4.69) is 21.2 Å². The van der Waals surface area contributed by atoms with Crippen LogP contribution in [0.4, 0.5) is 0 Å². The molecule has 7 heteroatoms. The second-order valence-corrected chi connectivity index (χ2v) is 5.63. The van der Waals surface area contributed by atoms with Gasteiger partial charge in [0.15, 0.2) is 6.61 Å². The maximum absolute atomic E-state index is 5.88. The summed E-state index contributed by atoms with van der Waals surface area (Å²) in [5.41, 5.74) is 1.53. The van der Waals surface area contributed by atoms with Gasteiger partial charge in [0.2, 0.25) is 0 Å². The van der Waals surface area contributed by atoms with Crippen molar-refractivity contribution in [2.75, 3.05) is 6.61 Å². The molecule has 3 aromatic rings. The van der Waals surface area contributed by atoms with Gasteiger partial charge in [0.05, 0.1) is 6.54 Å². The lowest BCUT2D eigenvalue weighted by atomic mass is 10.1. The molecule has 1 heterocycles. The Kier molecular flexibility index (Phi) is 5.86. The first-order valence-corrected chi connectivity index (χ1v) is 8.11. The smallest absolute Gasteiger partial charge is 0.177 e. The maximum atomic E-state index is 5.88. The van der Waals surface area contributed by atoms with Crippen molar-refractivity contribution in [2.24, 2.45) is 5.16 Å². The third-order valence-electron chi connectivity index (χ3n) is 3.34. The van der Waals surface area contributed by atoms with Crippen molar-refractivity contribution in [3.8, 4) is 23.8 Å². The largest absolute Gasteiger partial charge is 0.457 e. The molecule has 130 valence electrons. The number of ether oxygens (including phenoxy) is 1. The van der Waals surface area contributed by atoms with E-state index in [1.807, 2.05) is 36.4 Å². The molecule has 3 rings (SSSR count).